The maximum absolute atomic E-state index is 2.58. The van der Waals surface area contributed by atoms with E-state index in [-0.39, 0.29) is 0 Å². The van der Waals surface area contributed by atoms with E-state index in [4.69, 9.17) is 0 Å². The van der Waals surface area contributed by atoms with Gasteiger partial charge in [-0.3, -0.25) is 0 Å². The second kappa shape index (κ2) is 30.3. The molecule has 0 amide bonds. The molecule has 660 valence electrons. The number of benzene rings is 24. The highest BCUT2D eigenvalue weighted by Crippen LogP contribution is 2.70. The zero-order valence-corrected chi connectivity index (χ0v) is 82.2. The fourth-order valence-corrected chi connectivity index (χ4v) is 36.4. The number of hydrogen-bond acceptors (Lipinski definition) is 0. The third-order valence-electron chi connectivity index (χ3n) is 33.5. The van der Waals surface area contributed by atoms with Gasteiger partial charge in [-0.25, -0.2) is 0 Å². The highest BCUT2D eigenvalue weighted by Gasteiger charge is 2.56. The molecule has 142 heavy (non-hydrogen) atoms. The Morgan fingerprint density at radius 3 is 0.746 bits per heavy atom. The fourth-order valence-electron chi connectivity index (χ4n) is 28.0. The van der Waals surface area contributed by atoms with Crippen molar-refractivity contribution in [3.63, 3.8) is 0 Å². The Kier molecular flexibility index (Phi) is 17.3. The molecule has 0 N–H and O–H groups in total. The van der Waals surface area contributed by atoms with Crippen LogP contribution >= 0.6 is 30.1 Å². The smallest absolute Gasteiger partial charge is 0.0731 e. The predicted molar refractivity (Wildman–Crippen MR) is 618 cm³/mol. The monoisotopic (exact) mass is 1870 g/mol. The Morgan fingerprint density at radius 1 is 0.141 bits per heavy atom. The normalized spacial score (nSPS) is 13.8. The van der Waals surface area contributed by atoms with Crippen molar-refractivity contribution < 1.29 is 0 Å². The predicted octanol–water partition coefficient (Wildman–Crippen LogP) is 40.3. The van der Waals surface area contributed by atoms with Crippen LogP contribution in [-0.2, 0) is 37.5 Å². The Balaban J connectivity index is 0.000000130. The minimum absolute atomic E-state index is 0.469. The van der Waals surface area contributed by atoms with Gasteiger partial charge in [0.1, 0.15) is 0 Å². The van der Waals surface area contributed by atoms with Gasteiger partial charge in [-0.2, -0.15) is 0 Å². The van der Waals surface area contributed by atoms with E-state index in [1.54, 1.807) is 0 Å². The van der Waals surface area contributed by atoms with Crippen LogP contribution in [0, 0.1) is 0 Å². The van der Waals surface area contributed by atoms with Crippen LogP contribution in [0.25, 0.3) is 260 Å². The van der Waals surface area contributed by atoms with E-state index in [9.17, 15) is 0 Å². The van der Waals surface area contributed by atoms with Crippen molar-refractivity contribution >= 4 is 179 Å². The van der Waals surface area contributed by atoms with Gasteiger partial charge >= 0.3 is 0 Å². The lowest BCUT2D eigenvalue weighted by molar-refractivity contribution is 0.796. The van der Waals surface area contributed by atoms with E-state index in [1.165, 1.54) is 304 Å². The molecule has 4 aliphatic carbocycles. The van der Waals surface area contributed by atoms with Crippen molar-refractivity contribution in [3.05, 3.63) is 506 Å². The molecular formula is C138H88P4. The molecule has 0 nitrogen and oxygen atoms in total. The van der Waals surface area contributed by atoms with Crippen LogP contribution in [0.4, 0.5) is 0 Å². The summed E-state index contributed by atoms with van der Waals surface area (Å²) in [6.45, 7) is 9.82. The van der Waals surface area contributed by atoms with E-state index in [1.807, 2.05) is 0 Å². The first-order valence-corrected chi connectivity index (χ1v) is 56.9. The van der Waals surface area contributed by atoms with E-state index in [2.05, 4.69) is 488 Å². The average Bonchev–Trinajstić information content (AvgIpc) is 1.50. The lowest BCUT2D eigenvalue weighted by Gasteiger charge is -2.33. The van der Waals surface area contributed by atoms with Crippen LogP contribution in [-0.4, -0.2) is 0 Å². The number of rotatable bonds is 6. The molecule has 0 radical (unpaired) electrons. The lowest BCUT2D eigenvalue weighted by atomic mass is 9.68. The van der Waals surface area contributed by atoms with Gasteiger partial charge in [-0.15, -0.1) is 30.1 Å². The number of fused-ring (bicyclic) bond motifs is 40. The quantitative estimate of drug-likeness (QED) is 0.146. The summed E-state index contributed by atoms with van der Waals surface area (Å²) >= 11 is 0. The third kappa shape index (κ3) is 10.6. The molecule has 0 bridgehead atoms. The summed E-state index contributed by atoms with van der Waals surface area (Å²) in [5, 5.41) is 38.3. The van der Waals surface area contributed by atoms with Crippen LogP contribution in [0.1, 0.15) is 44.5 Å². The molecule has 4 heteroatoms. The molecule has 4 aromatic heterocycles. The van der Waals surface area contributed by atoms with E-state index in [0.717, 1.165) is 0 Å². The van der Waals surface area contributed by atoms with Gasteiger partial charge in [0.05, 0.1) is 10.8 Å². The molecular weight excluding hydrogens is 1780 g/mol. The number of hydrogen-bond donors (Lipinski definition) is 0. The summed E-state index contributed by atoms with van der Waals surface area (Å²) < 4.78 is 0. The molecule has 4 atom stereocenters. The number of aryl methyl sites for hydroxylation is 4. The Bertz CT molecular complexity index is 10100. The Morgan fingerprint density at radius 2 is 0.380 bits per heavy atom. The third-order valence-corrected chi connectivity index (χ3v) is 42.4. The molecule has 2 spiro atoms. The Hall–Kier alpha value is -16.0. The SMILES string of the molecule is Cp1c2ccccc2c2c(-c3cccc4c(-c5cccc6c5C5(c7ccccc7-c7ccccc75)c5ccc7ccccc7c5-6)c5cccc(-c6cccc7c6c6ccccc6p7C)c5cc34)cccc21.Cp1c2ccccc2c2cccc(-c3cccc4c(-c5cccc6c5C5(c7ccccc7-c7ccccc75)c5ccc7ccccc7c5-6)c5cccc(-c6cccc7c8ccccc8p(C)c67)c5cc34)c21. The van der Waals surface area contributed by atoms with Crippen molar-refractivity contribution in [1.29, 1.82) is 0 Å². The van der Waals surface area contributed by atoms with Crippen molar-refractivity contribution in [2.45, 2.75) is 10.8 Å². The van der Waals surface area contributed by atoms with Gasteiger partial charge in [-0.1, -0.05) is 449 Å². The van der Waals surface area contributed by atoms with Crippen LogP contribution in [0.5, 0.6) is 0 Å². The fraction of sp³-hybridized carbons (Fsp3) is 0.0435. The highest BCUT2D eigenvalue weighted by atomic mass is 31.1. The second-order valence-corrected chi connectivity index (χ2v) is 48.0. The first kappa shape index (κ1) is 80.9. The summed E-state index contributed by atoms with van der Waals surface area (Å²) in [6, 6.07) is 178. The van der Waals surface area contributed by atoms with Gasteiger partial charge in [0, 0.05) is 51.7 Å². The van der Waals surface area contributed by atoms with Gasteiger partial charge in [0.15, 0.2) is 0 Å². The average molecular weight is 1870 g/mol. The van der Waals surface area contributed by atoms with Crippen molar-refractivity contribution in [3.8, 4) is 111 Å². The van der Waals surface area contributed by atoms with Gasteiger partial charge < -0.3 is 0 Å². The standard InChI is InChI=1S/2C69H44P2/c1-70-60-34-11-7-22-51(60)66-47(28-16-36-62(66)70)43-24-13-26-49-55(43)40-56-44(48-29-17-37-63-67(48)52-23-8-12-35-61(52)71(63)2)25-14-27-50(56)64(49)53-30-15-31-54-65-42-19-4-3-18-41(42)38-39-59(65)69(68(53)54)57-32-9-5-20-45(57)46-21-6-10-33-58(46)69;1-70-62-36-11-7-22-47(62)53-30-15-28-51(67(53)70)43-24-13-26-49-57(43)40-58-44(52-29-16-31-54-48-23-8-12-37-63(48)71(2)68(52)54)25-14-27-50(58)64(49)55-32-17-33-56-65-42-19-4-3-18-41(42)38-39-61(65)69(66(55)56)59-34-9-5-20-45(59)46-21-6-10-35-60(46)69/h2*3-40H,1-2H3. The molecule has 28 aromatic rings. The molecule has 32 rings (SSSR count). The first-order chi connectivity index (χ1) is 70.2. The highest BCUT2D eigenvalue weighted by molar-refractivity contribution is 7.61. The minimum Gasteiger partial charge on any atom is -0.112 e. The van der Waals surface area contributed by atoms with E-state index in [0.29, 0.717) is 0 Å². The summed E-state index contributed by atoms with van der Waals surface area (Å²) in [5.41, 5.74) is 36.2. The minimum atomic E-state index is -0.559. The van der Waals surface area contributed by atoms with Crippen molar-refractivity contribution in [2.24, 2.45) is 26.7 Å². The van der Waals surface area contributed by atoms with Gasteiger partial charge in [0.25, 0.3) is 0 Å². The molecule has 4 unspecified atom stereocenters. The topological polar surface area (TPSA) is 0 Å². The van der Waals surface area contributed by atoms with Crippen LogP contribution in [0.3, 0.4) is 0 Å². The van der Waals surface area contributed by atoms with Gasteiger partial charge in [0.2, 0.25) is 0 Å². The largest absolute Gasteiger partial charge is 0.112 e. The zero-order chi connectivity index (χ0) is 93.4. The van der Waals surface area contributed by atoms with Crippen LogP contribution < -0.4 is 0 Å². The second-order valence-electron chi connectivity index (χ2n) is 39.8. The summed E-state index contributed by atoms with van der Waals surface area (Å²) in [7, 11) is -2.06. The molecule has 4 heterocycles. The molecule has 0 saturated heterocycles. The molecule has 4 aliphatic rings. The maximum Gasteiger partial charge on any atom is 0.0731 e. The summed E-state index contributed by atoms with van der Waals surface area (Å²) in [6.07, 6.45) is 0. The van der Waals surface area contributed by atoms with E-state index >= 15 is 0 Å². The molecule has 0 saturated carbocycles. The van der Waals surface area contributed by atoms with Crippen molar-refractivity contribution in [2.75, 3.05) is 0 Å². The van der Waals surface area contributed by atoms with Gasteiger partial charge in [-0.05, 0) is 292 Å². The molecule has 24 aromatic carbocycles. The summed E-state index contributed by atoms with van der Waals surface area (Å²) in [4.78, 5) is 0. The molecule has 0 aliphatic heterocycles. The first-order valence-electron chi connectivity index (χ1n) is 49.8. The van der Waals surface area contributed by atoms with Crippen LogP contribution in [0.2, 0.25) is 0 Å². The van der Waals surface area contributed by atoms with Crippen LogP contribution in [0.15, 0.2) is 461 Å². The zero-order valence-electron chi connectivity index (χ0n) is 78.7. The van der Waals surface area contributed by atoms with Crippen molar-refractivity contribution in [1.82, 2.24) is 0 Å². The van der Waals surface area contributed by atoms with E-state index < -0.39 is 41.0 Å². The maximum atomic E-state index is 2.58. The summed E-state index contributed by atoms with van der Waals surface area (Å²) in [5.74, 6) is 0. The lowest BCUT2D eigenvalue weighted by Crippen LogP contribution is -2.26. The molecule has 0 fully saturated rings. The Labute approximate surface area is 826 Å².